The Kier molecular flexibility index (Phi) is 11.5. The van der Waals surface area contributed by atoms with Crippen LogP contribution >= 0.6 is 11.6 Å². The number of hydrogen-bond acceptors (Lipinski definition) is 11. The van der Waals surface area contributed by atoms with E-state index in [2.05, 4.69) is 36.6 Å². The zero-order chi connectivity index (χ0) is 35.0. The summed E-state index contributed by atoms with van der Waals surface area (Å²) in [7, 11) is -0.441. The smallest absolute Gasteiger partial charge is 0.234 e. The van der Waals surface area contributed by atoms with Crippen LogP contribution < -0.4 is 35.6 Å². The summed E-state index contributed by atoms with van der Waals surface area (Å²) in [5, 5.41) is 15.8. The molecule has 1 atom stereocenters. The van der Waals surface area contributed by atoms with Gasteiger partial charge in [-0.05, 0) is 54.8 Å². The van der Waals surface area contributed by atoms with Crippen LogP contribution in [0.5, 0.6) is 5.75 Å². The Morgan fingerprint density at radius 3 is 2.51 bits per heavy atom. The van der Waals surface area contributed by atoms with E-state index in [-0.39, 0.29) is 28.7 Å². The average Bonchev–Trinajstić information content (AvgIpc) is 3.08. The first kappa shape index (κ1) is 35.4. The largest absolute Gasteiger partial charge is 0.494 e. The van der Waals surface area contributed by atoms with Crippen LogP contribution in [-0.2, 0) is 26.0 Å². The maximum atomic E-state index is 12.2. The highest BCUT2D eigenvalue weighted by atomic mass is 35.5. The molecule has 15 heteroatoms. The molecule has 5 N–H and O–H groups in total. The number of nitrogens with zero attached hydrogens (tertiary/aromatic N) is 3. The van der Waals surface area contributed by atoms with Gasteiger partial charge in [-0.1, -0.05) is 48.0 Å². The third-order valence-corrected chi connectivity index (χ3v) is 9.50. The number of anilines is 6. The highest BCUT2D eigenvalue weighted by molar-refractivity contribution is 7.92. The number of methoxy groups -OCH3 is 1. The molecular weight excluding hydrogens is 668 g/mol. The van der Waals surface area contributed by atoms with E-state index in [0.717, 1.165) is 37.0 Å². The SMILES string of the molecule is COc1cc(NCCNCCc2ccc(C3CCC(=O)NC3=O)cc2)ccc1Nc1ncc(Cl)c(Nc2ccccc2N(C)S(C)(=O)=O)n1. The molecule has 2 heterocycles. The predicted octanol–water partition coefficient (Wildman–Crippen LogP) is 4.79. The van der Waals surface area contributed by atoms with Crippen molar-refractivity contribution in [1.29, 1.82) is 0 Å². The van der Waals surface area contributed by atoms with Crippen LogP contribution in [-0.4, -0.2) is 70.2 Å². The van der Waals surface area contributed by atoms with Gasteiger partial charge in [-0.3, -0.25) is 19.2 Å². The number of aromatic nitrogens is 2. The van der Waals surface area contributed by atoms with Crippen molar-refractivity contribution in [1.82, 2.24) is 20.6 Å². The molecule has 1 aliphatic rings. The molecule has 0 spiro atoms. The normalized spacial score (nSPS) is 14.6. The van der Waals surface area contributed by atoms with Gasteiger partial charge in [0, 0.05) is 38.3 Å². The molecule has 2 amide bonds. The number of para-hydroxylation sites is 2. The minimum absolute atomic E-state index is 0.206. The van der Waals surface area contributed by atoms with Crippen LogP contribution in [0.3, 0.4) is 0 Å². The van der Waals surface area contributed by atoms with Crippen molar-refractivity contribution in [2.24, 2.45) is 0 Å². The third-order valence-electron chi connectivity index (χ3n) is 8.03. The molecule has 1 fully saturated rings. The lowest BCUT2D eigenvalue weighted by Crippen LogP contribution is -2.39. The lowest BCUT2D eigenvalue weighted by molar-refractivity contribution is -0.134. The van der Waals surface area contributed by atoms with Crippen molar-refractivity contribution in [2.45, 2.75) is 25.2 Å². The molecule has 1 unspecified atom stereocenters. The number of sulfonamides is 1. The summed E-state index contributed by atoms with van der Waals surface area (Å²) in [4.78, 5) is 32.3. The van der Waals surface area contributed by atoms with Crippen molar-refractivity contribution in [3.63, 3.8) is 0 Å². The second-order valence-corrected chi connectivity index (χ2v) is 13.9. The molecule has 0 radical (unpaired) electrons. The van der Waals surface area contributed by atoms with Crippen molar-refractivity contribution in [3.8, 4) is 5.75 Å². The number of benzene rings is 3. The Labute approximate surface area is 290 Å². The van der Waals surface area contributed by atoms with Crippen LogP contribution in [0.2, 0.25) is 5.02 Å². The van der Waals surface area contributed by atoms with E-state index >= 15 is 0 Å². The minimum atomic E-state index is -3.49. The van der Waals surface area contributed by atoms with Gasteiger partial charge in [0.1, 0.15) is 10.8 Å². The van der Waals surface area contributed by atoms with Gasteiger partial charge >= 0.3 is 0 Å². The molecule has 1 aromatic heterocycles. The number of nitrogens with one attached hydrogen (secondary N) is 5. The molecule has 4 aromatic rings. The number of hydrogen-bond donors (Lipinski definition) is 5. The van der Waals surface area contributed by atoms with E-state index in [1.54, 1.807) is 31.4 Å². The van der Waals surface area contributed by atoms with Gasteiger partial charge in [-0.25, -0.2) is 13.4 Å². The van der Waals surface area contributed by atoms with Crippen molar-refractivity contribution in [2.75, 3.05) is 60.3 Å². The second-order valence-electron chi connectivity index (χ2n) is 11.5. The van der Waals surface area contributed by atoms with Gasteiger partial charge < -0.3 is 26.0 Å². The number of imide groups is 1. The maximum Gasteiger partial charge on any atom is 0.234 e. The molecule has 0 saturated carbocycles. The highest BCUT2D eigenvalue weighted by Crippen LogP contribution is 2.33. The topological polar surface area (TPSA) is 167 Å². The summed E-state index contributed by atoms with van der Waals surface area (Å²) in [5.41, 5.74) is 4.56. The second kappa shape index (κ2) is 16.0. The number of ether oxygens (including phenoxy) is 1. The number of carbonyl (C=O) groups excluding carboxylic acids is 2. The van der Waals surface area contributed by atoms with E-state index in [1.165, 1.54) is 23.1 Å². The zero-order valence-electron chi connectivity index (χ0n) is 27.4. The Bertz CT molecular complexity index is 1910. The van der Waals surface area contributed by atoms with E-state index in [0.29, 0.717) is 48.0 Å². The number of carbonyl (C=O) groups is 2. The lowest BCUT2D eigenvalue weighted by Gasteiger charge is -2.21. The molecular formula is C34H39ClN8O5S. The van der Waals surface area contributed by atoms with Crippen LogP contribution in [0.1, 0.15) is 29.9 Å². The van der Waals surface area contributed by atoms with Crippen molar-refractivity contribution >= 4 is 68.0 Å². The number of piperidine rings is 1. The summed E-state index contributed by atoms with van der Waals surface area (Å²) >= 11 is 6.40. The minimum Gasteiger partial charge on any atom is -0.494 e. The lowest BCUT2D eigenvalue weighted by atomic mass is 9.90. The third kappa shape index (κ3) is 9.37. The molecule has 13 nitrogen and oxygen atoms in total. The van der Waals surface area contributed by atoms with E-state index < -0.39 is 10.0 Å². The summed E-state index contributed by atoms with van der Waals surface area (Å²) in [6.45, 7) is 2.23. The fourth-order valence-corrected chi connectivity index (χ4v) is 5.94. The molecule has 5 rings (SSSR count). The molecule has 49 heavy (non-hydrogen) atoms. The Hall–Kier alpha value is -4.92. The number of amides is 2. The fourth-order valence-electron chi connectivity index (χ4n) is 5.28. The average molecular weight is 707 g/mol. The number of halogens is 1. The Balaban J connectivity index is 1.11. The molecule has 258 valence electrons. The quantitative estimate of drug-likeness (QED) is 0.0853. The van der Waals surface area contributed by atoms with Crippen LogP contribution in [0, 0.1) is 0 Å². The van der Waals surface area contributed by atoms with Crippen molar-refractivity contribution in [3.05, 3.63) is 89.1 Å². The van der Waals surface area contributed by atoms with Crippen LogP contribution in [0.25, 0.3) is 0 Å². The van der Waals surface area contributed by atoms with Gasteiger partial charge in [0.25, 0.3) is 0 Å². The van der Waals surface area contributed by atoms with Gasteiger partial charge in [-0.15, -0.1) is 0 Å². The van der Waals surface area contributed by atoms with Gasteiger partial charge in [0.2, 0.25) is 27.8 Å². The first-order valence-electron chi connectivity index (χ1n) is 15.7. The standard InChI is InChI=1S/C34H39ClN8O5S/c1-43(49(3,46)47)29-7-5-4-6-27(29)39-32-26(35)21-38-34(42-32)40-28-14-12-24(20-30(28)48-2)37-19-18-36-17-16-22-8-10-23(11-9-22)25-13-15-31(44)41-33(25)45/h4-12,14,20-21,25,36-37H,13,15-19H2,1-3H3,(H,41,44,45)(H2,38,39,40,42). The van der Waals surface area contributed by atoms with E-state index in [1.807, 2.05) is 42.5 Å². The summed E-state index contributed by atoms with van der Waals surface area (Å²) in [6.07, 6.45) is 4.34. The monoisotopic (exact) mass is 706 g/mol. The molecule has 1 aliphatic heterocycles. The highest BCUT2D eigenvalue weighted by Gasteiger charge is 2.27. The van der Waals surface area contributed by atoms with Gasteiger partial charge in [0.15, 0.2) is 5.82 Å². The summed E-state index contributed by atoms with van der Waals surface area (Å²) < 4.78 is 31.1. The molecule has 1 saturated heterocycles. The van der Waals surface area contributed by atoms with Gasteiger partial charge in [0.05, 0.1) is 42.5 Å². The zero-order valence-corrected chi connectivity index (χ0v) is 29.0. The predicted molar refractivity (Wildman–Crippen MR) is 193 cm³/mol. The van der Waals surface area contributed by atoms with Crippen molar-refractivity contribution < 1.29 is 22.7 Å². The van der Waals surface area contributed by atoms with Crippen LogP contribution in [0.15, 0.2) is 72.9 Å². The molecule has 0 aliphatic carbocycles. The number of rotatable bonds is 15. The van der Waals surface area contributed by atoms with E-state index in [4.69, 9.17) is 16.3 Å². The fraction of sp³-hybridized carbons (Fsp3) is 0.294. The first-order chi connectivity index (χ1) is 23.5. The van der Waals surface area contributed by atoms with E-state index in [9.17, 15) is 18.0 Å². The van der Waals surface area contributed by atoms with Crippen LogP contribution in [0.4, 0.5) is 34.5 Å². The maximum absolute atomic E-state index is 12.2. The first-order valence-corrected chi connectivity index (χ1v) is 17.9. The Morgan fingerprint density at radius 1 is 1.00 bits per heavy atom. The molecule has 3 aromatic carbocycles. The molecule has 0 bridgehead atoms. The Morgan fingerprint density at radius 2 is 1.78 bits per heavy atom. The summed E-state index contributed by atoms with van der Waals surface area (Å²) in [5.74, 6) is 0.432. The van der Waals surface area contributed by atoms with Gasteiger partial charge in [-0.2, -0.15) is 4.98 Å². The summed E-state index contributed by atoms with van der Waals surface area (Å²) in [6, 6.07) is 20.6.